The fourth-order valence-corrected chi connectivity index (χ4v) is 2.16. The highest BCUT2D eigenvalue weighted by Crippen LogP contribution is 2.30. The Morgan fingerprint density at radius 2 is 2.19 bits per heavy atom. The van der Waals surface area contributed by atoms with E-state index in [1.807, 2.05) is 0 Å². The van der Waals surface area contributed by atoms with Crippen molar-refractivity contribution in [1.82, 2.24) is 0 Å². The topological polar surface area (TPSA) is 29.3 Å². The van der Waals surface area contributed by atoms with E-state index in [0.29, 0.717) is 31.1 Å². The molecule has 1 aromatic carbocycles. The summed E-state index contributed by atoms with van der Waals surface area (Å²) in [6.07, 6.45) is 0.906. The van der Waals surface area contributed by atoms with Crippen molar-refractivity contribution in [1.29, 1.82) is 0 Å². The Labute approximate surface area is 94.0 Å². The van der Waals surface area contributed by atoms with Crippen LogP contribution in [0.2, 0.25) is 0 Å². The van der Waals surface area contributed by atoms with Crippen LogP contribution in [0.15, 0.2) is 12.1 Å². The molecule has 0 aliphatic carbocycles. The molecular formula is C12H16F2N2. The minimum atomic E-state index is -0.485. The third-order valence-electron chi connectivity index (χ3n) is 3.20. The summed E-state index contributed by atoms with van der Waals surface area (Å²) >= 11 is 0. The van der Waals surface area contributed by atoms with Gasteiger partial charge in [-0.1, -0.05) is 6.07 Å². The van der Waals surface area contributed by atoms with Gasteiger partial charge in [-0.2, -0.15) is 0 Å². The van der Waals surface area contributed by atoms with Gasteiger partial charge in [0.25, 0.3) is 0 Å². The molecule has 1 saturated heterocycles. The standard InChI is InChI=1S/C12H16F2N2/c1-8-2-3-10(13)12(11(8)14)16-5-4-9(6-15)7-16/h2-3,9H,4-7,15H2,1H3. The Morgan fingerprint density at radius 3 is 2.81 bits per heavy atom. The van der Waals surface area contributed by atoms with Crippen LogP contribution in [0.1, 0.15) is 12.0 Å². The largest absolute Gasteiger partial charge is 0.366 e. The van der Waals surface area contributed by atoms with Crippen LogP contribution in [0.3, 0.4) is 0 Å². The van der Waals surface area contributed by atoms with Crippen molar-refractivity contribution in [3.05, 3.63) is 29.3 Å². The first-order valence-corrected chi connectivity index (χ1v) is 5.53. The van der Waals surface area contributed by atoms with Crippen LogP contribution in [-0.4, -0.2) is 19.6 Å². The Morgan fingerprint density at radius 1 is 1.44 bits per heavy atom. The van der Waals surface area contributed by atoms with Crippen LogP contribution in [0, 0.1) is 24.5 Å². The summed E-state index contributed by atoms with van der Waals surface area (Å²) in [4.78, 5) is 1.76. The molecule has 1 aromatic rings. The van der Waals surface area contributed by atoms with E-state index in [4.69, 9.17) is 5.73 Å². The van der Waals surface area contributed by atoms with E-state index in [0.717, 1.165) is 6.42 Å². The molecule has 16 heavy (non-hydrogen) atoms. The maximum Gasteiger partial charge on any atom is 0.152 e. The molecule has 1 fully saturated rings. The van der Waals surface area contributed by atoms with E-state index in [1.165, 1.54) is 12.1 Å². The second-order valence-electron chi connectivity index (χ2n) is 4.36. The lowest BCUT2D eigenvalue weighted by molar-refractivity contribution is 0.566. The van der Waals surface area contributed by atoms with Crippen LogP contribution in [-0.2, 0) is 0 Å². The van der Waals surface area contributed by atoms with Gasteiger partial charge in [-0.05, 0) is 37.4 Å². The van der Waals surface area contributed by atoms with Gasteiger partial charge in [0.05, 0.1) is 0 Å². The number of hydrogen-bond donors (Lipinski definition) is 1. The maximum absolute atomic E-state index is 13.8. The third kappa shape index (κ3) is 1.89. The number of anilines is 1. The highest BCUT2D eigenvalue weighted by Gasteiger charge is 2.26. The van der Waals surface area contributed by atoms with E-state index in [2.05, 4.69) is 0 Å². The average molecular weight is 226 g/mol. The summed E-state index contributed by atoms with van der Waals surface area (Å²) in [5.41, 5.74) is 6.15. The summed E-state index contributed by atoms with van der Waals surface area (Å²) in [6.45, 7) is 3.55. The summed E-state index contributed by atoms with van der Waals surface area (Å²) < 4.78 is 27.4. The van der Waals surface area contributed by atoms with E-state index >= 15 is 0 Å². The summed E-state index contributed by atoms with van der Waals surface area (Å²) in [5.74, 6) is -0.585. The van der Waals surface area contributed by atoms with Gasteiger partial charge in [0.2, 0.25) is 0 Å². The highest BCUT2D eigenvalue weighted by molar-refractivity contribution is 5.52. The lowest BCUT2D eigenvalue weighted by atomic mass is 10.1. The number of benzene rings is 1. The molecule has 2 rings (SSSR count). The number of nitrogens with zero attached hydrogens (tertiary/aromatic N) is 1. The van der Waals surface area contributed by atoms with Gasteiger partial charge >= 0.3 is 0 Å². The van der Waals surface area contributed by atoms with Crippen LogP contribution in [0.25, 0.3) is 0 Å². The molecule has 0 radical (unpaired) electrons. The van der Waals surface area contributed by atoms with Crippen LogP contribution in [0.5, 0.6) is 0 Å². The monoisotopic (exact) mass is 226 g/mol. The Hall–Kier alpha value is -1.16. The highest BCUT2D eigenvalue weighted by atomic mass is 19.1. The number of hydrogen-bond acceptors (Lipinski definition) is 2. The van der Waals surface area contributed by atoms with Crippen molar-refractivity contribution in [3.63, 3.8) is 0 Å². The van der Waals surface area contributed by atoms with Crippen molar-refractivity contribution in [3.8, 4) is 0 Å². The number of aryl methyl sites for hydroxylation is 1. The van der Waals surface area contributed by atoms with Crippen molar-refractivity contribution < 1.29 is 8.78 Å². The predicted octanol–water partition coefficient (Wildman–Crippen LogP) is 2.06. The second-order valence-corrected chi connectivity index (χ2v) is 4.36. The number of halogens is 2. The lowest BCUT2D eigenvalue weighted by Gasteiger charge is -2.20. The van der Waals surface area contributed by atoms with Gasteiger partial charge in [-0.3, -0.25) is 0 Å². The van der Waals surface area contributed by atoms with E-state index in [9.17, 15) is 8.78 Å². The molecule has 0 aromatic heterocycles. The molecule has 0 saturated carbocycles. The molecule has 2 nitrogen and oxygen atoms in total. The summed E-state index contributed by atoms with van der Waals surface area (Å²) in [5, 5.41) is 0. The zero-order chi connectivity index (χ0) is 11.7. The minimum Gasteiger partial charge on any atom is -0.366 e. The SMILES string of the molecule is Cc1ccc(F)c(N2CCC(CN)C2)c1F. The maximum atomic E-state index is 13.8. The summed E-state index contributed by atoms with van der Waals surface area (Å²) in [7, 11) is 0. The van der Waals surface area contributed by atoms with Crippen molar-refractivity contribution in [2.24, 2.45) is 11.7 Å². The van der Waals surface area contributed by atoms with Crippen molar-refractivity contribution in [2.45, 2.75) is 13.3 Å². The van der Waals surface area contributed by atoms with Crippen molar-refractivity contribution >= 4 is 5.69 Å². The average Bonchev–Trinajstić information content (AvgIpc) is 2.73. The molecule has 1 aliphatic heterocycles. The molecule has 1 aliphatic rings. The fraction of sp³-hybridized carbons (Fsp3) is 0.500. The molecule has 1 heterocycles. The van der Waals surface area contributed by atoms with E-state index in [1.54, 1.807) is 11.8 Å². The first-order chi connectivity index (χ1) is 7.63. The predicted molar refractivity (Wildman–Crippen MR) is 60.5 cm³/mol. The number of rotatable bonds is 2. The van der Waals surface area contributed by atoms with Gasteiger partial charge in [0, 0.05) is 13.1 Å². The Kier molecular flexibility index (Phi) is 3.10. The zero-order valence-electron chi connectivity index (χ0n) is 9.34. The molecular weight excluding hydrogens is 210 g/mol. The van der Waals surface area contributed by atoms with Gasteiger partial charge in [0.15, 0.2) is 5.82 Å². The second kappa shape index (κ2) is 4.37. The quantitative estimate of drug-likeness (QED) is 0.836. The molecule has 0 bridgehead atoms. The van der Waals surface area contributed by atoms with Crippen LogP contribution >= 0.6 is 0 Å². The molecule has 88 valence electrons. The Balaban J connectivity index is 2.30. The zero-order valence-corrected chi connectivity index (χ0v) is 9.34. The molecule has 0 amide bonds. The van der Waals surface area contributed by atoms with Crippen LogP contribution in [0.4, 0.5) is 14.5 Å². The van der Waals surface area contributed by atoms with Gasteiger partial charge in [-0.25, -0.2) is 8.78 Å². The first kappa shape index (κ1) is 11.3. The molecule has 4 heteroatoms. The van der Waals surface area contributed by atoms with Gasteiger partial charge in [-0.15, -0.1) is 0 Å². The fourth-order valence-electron chi connectivity index (χ4n) is 2.16. The van der Waals surface area contributed by atoms with Gasteiger partial charge in [0.1, 0.15) is 11.5 Å². The van der Waals surface area contributed by atoms with Crippen molar-refractivity contribution in [2.75, 3.05) is 24.5 Å². The first-order valence-electron chi connectivity index (χ1n) is 5.53. The molecule has 2 N–H and O–H groups in total. The minimum absolute atomic E-state index is 0.107. The lowest BCUT2D eigenvalue weighted by Crippen LogP contribution is -2.24. The van der Waals surface area contributed by atoms with E-state index in [-0.39, 0.29) is 5.69 Å². The van der Waals surface area contributed by atoms with Crippen LogP contribution < -0.4 is 10.6 Å². The molecule has 1 unspecified atom stereocenters. The number of nitrogens with two attached hydrogens (primary N) is 1. The molecule has 0 spiro atoms. The normalized spacial score (nSPS) is 20.5. The van der Waals surface area contributed by atoms with E-state index < -0.39 is 11.6 Å². The summed E-state index contributed by atoms with van der Waals surface area (Å²) in [6, 6.07) is 2.79. The third-order valence-corrected chi connectivity index (χ3v) is 3.20. The Bertz CT molecular complexity index is 393. The molecule has 1 atom stereocenters. The smallest absolute Gasteiger partial charge is 0.152 e. The van der Waals surface area contributed by atoms with Gasteiger partial charge < -0.3 is 10.6 Å².